The van der Waals surface area contributed by atoms with Crippen LogP contribution in [0.1, 0.15) is 27.2 Å². The van der Waals surface area contributed by atoms with Gasteiger partial charge in [0.15, 0.2) is 5.12 Å². The molecular weight excluding hydrogens is 226 g/mol. The number of hydrogen-bond donors (Lipinski definition) is 0. The van der Waals surface area contributed by atoms with E-state index in [-0.39, 0.29) is 21.8 Å². The summed E-state index contributed by atoms with van der Waals surface area (Å²) in [5, 5.41) is 0.172. The zero-order chi connectivity index (χ0) is 12.3. The summed E-state index contributed by atoms with van der Waals surface area (Å²) in [7, 11) is 1.63. The maximum atomic E-state index is 11.8. The van der Waals surface area contributed by atoms with Crippen molar-refractivity contribution in [2.75, 3.05) is 20.3 Å². The second-order valence-corrected chi connectivity index (χ2v) is 6.16. The second kappa shape index (κ2) is 5.19. The van der Waals surface area contributed by atoms with Crippen molar-refractivity contribution in [1.29, 1.82) is 0 Å². The van der Waals surface area contributed by atoms with Crippen molar-refractivity contribution in [3.8, 4) is 0 Å². The van der Waals surface area contributed by atoms with Gasteiger partial charge in [0.05, 0.1) is 12.1 Å². The number of hydrogen-bond acceptors (Lipinski definition) is 4. The van der Waals surface area contributed by atoms with Gasteiger partial charge in [-0.2, -0.15) is 0 Å². The van der Waals surface area contributed by atoms with Gasteiger partial charge >= 0.3 is 0 Å². The van der Waals surface area contributed by atoms with E-state index >= 15 is 0 Å². The van der Waals surface area contributed by atoms with E-state index in [0.29, 0.717) is 19.6 Å². The summed E-state index contributed by atoms with van der Waals surface area (Å²) in [5.74, 6) is 0.112. The second-order valence-electron chi connectivity index (χ2n) is 4.69. The van der Waals surface area contributed by atoms with Gasteiger partial charge in [0, 0.05) is 32.2 Å². The Morgan fingerprint density at radius 3 is 2.75 bits per heavy atom. The number of carbonyl (C=O) groups excluding carboxylic acids is 2. The first-order valence-corrected chi connectivity index (χ1v) is 6.21. The van der Waals surface area contributed by atoms with Crippen molar-refractivity contribution in [2.24, 2.45) is 0 Å². The third kappa shape index (κ3) is 3.22. The van der Waals surface area contributed by atoms with Crippen LogP contribution >= 0.6 is 11.8 Å². The molecule has 1 aliphatic heterocycles. The van der Waals surface area contributed by atoms with E-state index in [0.717, 1.165) is 0 Å². The minimum absolute atomic E-state index is 0.0733. The molecule has 1 heterocycles. The van der Waals surface area contributed by atoms with E-state index in [1.54, 1.807) is 7.11 Å². The first-order chi connectivity index (χ1) is 7.36. The molecule has 1 aliphatic rings. The quantitative estimate of drug-likeness (QED) is 0.749. The fraction of sp³-hybridized carbons (Fsp3) is 0.818. The van der Waals surface area contributed by atoms with E-state index in [9.17, 15) is 9.59 Å². The summed E-state index contributed by atoms with van der Waals surface area (Å²) in [4.78, 5) is 24.6. The molecule has 1 fully saturated rings. The van der Waals surface area contributed by atoms with Crippen LogP contribution in [0.15, 0.2) is 0 Å². The van der Waals surface area contributed by atoms with Gasteiger partial charge in [-0.15, -0.1) is 0 Å². The van der Waals surface area contributed by atoms with E-state index in [2.05, 4.69) is 0 Å². The van der Waals surface area contributed by atoms with Gasteiger partial charge < -0.3 is 9.64 Å². The van der Waals surface area contributed by atoms with Gasteiger partial charge in [-0.25, -0.2) is 0 Å². The lowest BCUT2D eigenvalue weighted by Gasteiger charge is -2.35. The summed E-state index contributed by atoms with van der Waals surface area (Å²) in [6.07, 6.45) is 0.456. The Morgan fingerprint density at radius 1 is 1.62 bits per heavy atom. The number of nitrogens with zero attached hydrogens (tertiary/aromatic N) is 1. The van der Waals surface area contributed by atoms with Gasteiger partial charge in [0.2, 0.25) is 5.91 Å². The number of likely N-dealkylation sites (tertiary alicyclic amines) is 1. The Balaban J connectivity index is 2.63. The smallest absolute Gasteiger partial charge is 0.224 e. The summed E-state index contributed by atoms with van der Waals surface area (Å²) in [5.41, 5.74) is -0.294. The van der Waals surface area contributed by atoms with Crippen LogP contribution in [0.3, 0.4) is 0 Å². The molecule has 0 aromatic heterocycles. The molecule has 1 amide bonds. The van der Waals surface area contributed by atoms with E-state index in [1.807, 2.05) is 18.7 Å². The first-order valence-electron chi connectivity index (χ1n) is 5.33. The molecule has 0 saturated carbocycles. The third-order valence-corrected chi connectivity index (χ3v) is 3.63. The third-order valence-electron chi connectivity index (χ3n) is 2.65. The maximum Gasteiger partial charge on any atom is 0.224 e. The van der Waals surface area contributed by atoms with Gasteiger partial charge in [-0.1, -0.05) is 11.8 Å². The van der Waals surface area contributed by atoms with E-state index in [1.165, 1.54) is 18.7 Å². The zero-order valence-electron chi connectivity index (χ0n) is 10.3. The molecule has 1 atom stereocenters. The minimum Gasteiger partial charge on any atom is -0.382 e. The molecule has 4 nitrogen and oxygen atoms in total. The Morgan fingerprint density at radius 2 is 2.25 bits per heavy atom. The van der Waals surface area contributed by atoms with Crippen molar-refractivity contribution in [3.05, 3.63) is 0 Å². The monoisotopic (exact) mass is 245 g/mol. The molecule has 0 aliphatic carbocycles. The average molecular weight is 245 g/mol. The lowest BCUT2D eigenvalue weighted by molar-refractivity contribution is -0.133. The number of methoxy groups -OCH3 is 1. The molecule has 0 aromatic rings. The predicted molar refractivity (Wildman–Crippen MR) is 64.3 cm³/mol. The van der Waals surface area contributed by atoms with Crippen LogP contribution < -0.4 is 0 Å². The molecule has 0 spiro atoms. The fourth-order valence-electron chi connectivity index (χ4n) is 2.00. The molecule has 16 heavy (non-hydrogen) atoms. The largest absolute Gasteiger partial charge is 0.382 e. The highest BCUT2D eigenvalue weighted by Crippen LogP contribution is 2.29. The Labute approximate surface area is 101 Å². The highest BCUT2D eigenvalue weighted by atomic mass is 32.2. The van der Waals surface area contributed by atoms with Crippen molar-refractivity contribution >= 4 is 22.8 Å². The van der Waals surface area contributed by atoms with Crippen LogP contribution in [-0.2, 0) is 14.3 Å². The van der Waals surface area contributed by atoms with Crippen LogP contribution in [-0.4, -0.2) is 47.0 Å². The van der Waals surface area contributed by atoms with Gasteiger partial charge in [0.1, 0.15) is 0 Å². The Kier molecular flexibility index (Phi) is 4.38. The lowest BCUT2D eigenvalue weighted by Crippen LogP contribution is -2.48. The topological polar surface area (TPSA) is 46.6 Å². The molecule has 1 rings (SSSR count). The normalized spacial score (nSPS) is 21.6. The molecule has 1 saturated heterocycles. The molecule has 92 valence electrons. The van der Waals surface area contributed by atoms with Crippen molar-refractivity contribution in [1.82, 2.24) is 4.90 Å². The molecular formula is C11H19NO3S. The number of thioether (sulfide) groups is 1. The van der Waals surface area contributed by atoms with Crippen molar-refractivity contribution < 1.29 is 14.3 Å². The van der Waals surface area contributed by atoms with Crippen molar-refractivity contribution in [2.45, 2.75) is 38.0 Å². The first kappa shape index (κ1) is 13.5. The number of amides is 1. The van der Waals surface area contributed by atoms with Crippen molar-refractivity contribution in [3.63, 3.8) is 0 Å². The van der Waals surface area contributed by atoms with E-state index < -0.39 is 0 Å². The predicted octanol–water partition coefficient (Wildman–Crippen LogP) is 1.29. The van der Waals surface area contributed by atoms with Gasteiger partial charge in [-0.3, -0.25) is 9.59 Å². The Bertz CT molecular complexity index is 291. The van der Waals surface area contributed by atoms with Gasteiger partial charge in [-0.05, 0) is 13.8 Å². The highest BCUT2D eigenvalue weighted by Gasteiger charge is 2.39. The summed E-state index contributed by atoms with van der Waals surface area (Å²) < 4.78 is 5.12. The maximum absolute atomic E-state index is 11.8. The SMILES string of the molecule is COCC(C)(C)N1CC(SC(C)=O)CC1=O. The van der Waals surface area contributed by atoms with E-state index in [4.69, 9.17) is 4.74 Å². The molecule has 0 bridgehead atoms. The fourth-order valence-corrected chi connectivity index (χ4v) is 2.92. The van der Waals surface area contributed by atoms with Crippen LogP contribution in [0.2, 0.25) is 0 Å². The lowest BCUT2D eigenvalue weighted by atomic mass is 10.1. The molecule has 0 radical (unpaired) electrons. The van der Waals surface area contributed by atoms with Gasteiger partial charge in [0.25, 0.3) is 0 Å². The number of rotatable bonds is 4. The molecule has 1 unspecified atom stereocenters. The standard InChI is InChI=1S/C11H19NO3S/c1-8(13)16-9-5-10(14)12(6-9)11(2,3)7-15-4/h9H,5-7H2,1-4H3. The van der Waals surface area contributed by atoms with Crippen LogP contribution in [0.5, 0.6) is 0 Å². The minimum atomic E-state index is -0.294. The highest BCUT2D eigenvalue weighted by molar-refractivity contribution is 8.14. The average Bonchev–Trinajstić information content (AvgIpc) is 2.45. The summed E-state index contributed by atoms with van der Waals surface area (Å²) in [6.45, 7) is 6.65. The van der Waals surface area contributed by atoms with Crippen LogP contribution in [0, 0.1) is 0 Å². The summed E-state index contributed by atoms with van der Waals surface area (Å²) >= 11 is 1.26. The molecule has 0 N–H and O–H groups in total. The zero-order valence-corrected chi connectivity index (χ0v) is 11.1. The molecule has 5 heteroatoms. The van der Waals surface area contributed by atoms with Crippen LogP contribution in [0.25, 0.3) is 0 Å². The number of carbonyl (C=O) groups is 2. The Hall–Kier alpha value is -0.550. The van der Waals surface area contributed by atoms with Crippen LogP contribution in [0.4, 0.5) is 0 Å². The molecule has 0 aromatic carbocycles. The number of ether oxygens (including phenoxy) is 1. The summed E-state index contributed by atoms with van der Waals surface area (Å²) in [6, 6.07) is 0.